The first kappa shape index (κ1) is 14.4. The molecule has 2 aliphatic heterocycles. The number of fused-ring (bicyclic) bond motifs is 1. The van der Waals surface area contributed by atoms with Gasteiger partial charge in [0.1, 0.15) is 0 Å². The zero-order valence-electron chi connectivity index (χ0n) is 13.1. The molecular formula is C18H26N2O. The number of amides is 1. The Morgan fingerprint density at radius 1 is 1.19 bits per heavy atom. The standard InChI is InChI=1S/C18H26N2O/c1-13-6-5-10-20(11-9-13)18(21)16-12-14(2)19-17-8-4-3-7-15(16)17/h3-4,7-8,13-14,16,19H,5-6,9-12H2,1-2H3. The number of benzene rings is 1. The number of carbonyl (C=O) groups excluding carboxylic acids is 1. The van der Waals surface area contributed by atoms with E-state index in [2.05, 4.69) is 36.2 Å². The van der Waals surface area contributed by atoms with Crippen LogP contribution in [0.25, 0.3) is 0 Å². The number of para-hydroxylation sites is 1. The van der Waals surface area contributed by atoms with E-state index in [0.29, 0.717) is 11.9 Å². The minimum absolute atomic E-state index is 0.0332. The van der Waals surface area contributed by atoms with Gasteiger partial charge in [0.05, 0.1) is 5.92 Å². The Balaban J connectivity index is 1.81. The van der Waals surface area contributed by atoms with Crippen LogP contribution in [0, 0.1) is 5.92 Å². The van der Waals surface area contributed by atoms with E-state index in [-0.39, 0.29) is 5.92 Å². The fourth-order valence-corrected chi connectivity index (χ4v) is 3.67. The van der Waals surface area contributed by atoms with Crippen molar-refractivity contribution in [1.29, 1.82) is 0 Å². The Morgan fingerprint density at radius 2 is 2.00 bits per heavy atom. The van der Waals surface area contributed by atoms with E-state index in [4.69, 9.17) is 0 Å². The summed E-state index contributed by atoms with van der Waals surface area (Å²) < 4.78 is 0. The second kappa shape index (κ2) is 6.08. The third-order valence-electron chi connectivity index (χ3n) is 4.95. The summed E-state index contributed by atoms with van der Waals surface area (Å²) >= 11 is 0. The first-order valence-corrected chi connectivity index (χ1v) is 8.29. The van der Waals surface area contributed by atoms with Gasteiger partial charge in [0, 0.05) is 24.8 Å². The molecular weight excluding hydrogens is 260 g/mol. The van der Waals surface area contributed by atoms with Crippen molar-refractivity contribution in [3.8, 4) is 0 Å². The van der Waals surface area contributed by atoms with E-state index in [1.165, 1.54) is 12.0 Å². The Kier molecular flexibility index (Phi) is 4.18. The summed E-state index contributed by atoms with van der Waals surface area (Å²) in [5.74, 6) is 1.12. The average molecular weight is 286 g/mol. The summed E-state index contributed by atoms with van der Waals surface area (Å²) in [6.07, 6.45) is 4.45. The molecule has 1 aromatic rings. The maximum absolute atomic E-state index is 13.0. The van der Waals surface area contributed by atoms with Gasteiger partial charge in [-0.25, -0.2) is 0 Å². The van der Waals surface area contributed by atoms with Crippen LogP contribution in [0.3, 0.4) is 0 Å². The summed E-state index contributed by atoms with van der Waals surface area (Å²) in [5.41, 5.74) is 2.32. The average Bonchev–Trinajstić information content (AvgIpc) is 2.70. The quantitative estimate of drug-likeness (QED) is 0.855. The van der Waals surface area contributed by atoms with Gasteiger partial charge in [-0.15, -0.1) is 0 Å². The molecule has 3 rings (SSSR count). The van der Waals surface area contributed by atoms with Gasteiger partial charge in [-0.1, -0.05) is 25.1 Å². The summed E-state index contributed by atoms with van der Waals surface area (Å²) in [7, 11) is 0. The lowest BCUT2D eigenvalue weighted by molar-refractivity contribution is -0.133. The first-order valence-electron chi connectivity index (χ1n) is 8.29. The van der Waals surface area contributed by atoms with Gasteiger partial charge in [0.25, 0.3) is 0 Å². The number of rotatable bonds is 1. The lowest BCUT2D eigenvalue weighted by atomic mass is 9.86. The SMILES string of the molecule is CC1CCCN(C(=O)C2CC(C)Nc3ccccc32)CC1. The van der Waals surface area contributed by atoms with Crippen molar-refractivity contribution >= 4 is 11.6 Å². The van der Waals surface area contributed by atoms with Crippen LogP contribution in [0.15, 0.2) is 24.3 Å². The molecule has 0 saturated carbocycles. The highest BCUT2D eigenvalue weighted by molar-refractivity contribution is 5.86. The second-order valence-electron chi connectivity index (χ2n) is 6.78. The molecule has 0 aromatic heterocycles. The smallest absolute Gasteiger partial charge is 0.230 e. The molecule has 3 nitrogen and oxygen atoms in total. The van der Waals surface area contributed by atoms with Crippen molar-refractivity contribution in [1.82, 2.24) is 4.90 Å². The minimum atomic E-state index is 0.0332. The van der Waals surface area contributed by atoms with Crippen molar-refractivity contribution in [2.75, 3.05) is 18.4 Å². The van der Waals surface area contributed by atoms with E-state index < -0.39 is 0 Å². The third kappa shape index (κ3) is 3.07. The lowest BCUT2D eigenvalue weighted by Gasteiger charge is -2.34. The highest BCUT2D eigenvalue weighted by Crippen LogP contribution is 2.35. The van der Waals surface area contributed by atoms with Crippen LogP contribution >= 0.6 is 0 Å². The Hall–Kier alpha value is -1.51. The molecule has 3 unspecified atom stereocenters. The fraction of sp³-hybridized carbons (Fsp3) is 0.611. The number of anilines is 1. The molecule has 1 N–H and O–H groups in total. The number of hydrogen-bond acceptors (Lipinski definition) is 2. The van der Waals surface area contributed by atoms with Crippen LogP contribution in [0.5, 0.6) is 0 Å². The number of carbonyl (C=O) groups is 1. The largest absolute Gasteiger partial charge is 0.382 e. The van der Waals surface area contributed by atoms with Crippen LogP contribution < -0.4 is 5.32 Å². The number of nitrogens with one attached hydrogen (secondary N) is 1. The van der Waals surface area contributed by atoms with Crippen molar-refractivity contribution in [3.63, 3.8) is 0 Å². The molecule has 0 aliphatic carbocycles. The van der Waals surface area contributed by atoms with Gasteiger partial charge in [-0.2, -0.15) is 0 Å². The lowest BCUT2D eigenvalue weighted by Crippen LogP contribution is -2.39. The maximum atomic E-state index is 13.0. The van der Waals surface area contributed by atoms with Crippen LogP contribution in [0.1, 0.15) is 51.0 Å². The van der Waals surface area contributed by atoms with E-state index >= 15 is 0 Å². The molecule has 21 heavy (non-hydrogen) atoms. The molecule has 0 radical (unpaired) electrons. The van der Waals surface area contributed by atoms with Crippen molar-refractivity contribution in [2.45, 2.75) is 51.5 Å². The molecule has 3 atom stereocenters. The molecule has 1 saturated heterocycles. The minimum Gasteiger partial charge on any atom is -0.382 e. The normalized spacial score (nSPS) is 29.2. The molecule has 0 bridgehead atoms. The van der Waals surface area contributed by atoms with Gasteiger partial charge in [0.2, 0.25) is 5.91 Å². The predicted molar refractivity (Wildman–Crippen MR) is 86.5 cm³/mol. The predicted octanol–water partition coefficient (Wildman–Crippen LogP) is 3.62. The van der Waals surface area contributed by atoms with E-state index in [1.807, 2.05) is 12.1 Å². The Morgan fingerprint density at radius 3 is 2.86 bits per heavy atom. The zero-order valence-corrected chi connectivity index (χ0v) is 13.1. The molecule has 0 spiro atoms. The van der Waals surface area contributed by atoms with Gasteiger partial charge < -0.3 is 10.2 Å². The van der Waals surface area contributed by atoms with Gasteiger partial charge in [-0.3, -0.25) is 4.79 Å². The monoisotopic (exact) mass is 286 g/mol. The van der Waals surface area contributed by atoms with Gasteiger partial charge in [0.15, 0.2) is 0 Å². The van der Waals surface area contributed by atoms with Crippen LogP contribution in [0.4, 0.5) is 5.69 Å². The summed E-state index contributed by atoms with van der Waals surface area (Å²) in [6, 6.07) is 8.65. The Labute approximate surface area is 127 Å². The van der Waals surface area contributed by atoms with Crippen molar-refractivity contribution in [3.05, 3.63) is 29.8 Å². The van der Waals surface area contributed by atoms with E-state index in [0.717, 1.165) is 44.0 Å². The molecule has 3 heteroatoms. The number of likely N-dealkylation sites (tertiary alicyclic amines) is 1. The van der Waals surface area contributed by atoms with Crippen LogP contribution in [0.2, 0.25) is 0 Å². The molecule has 1 amide bonds. The van der Waals surface area contributed by atoms with Gasteiger partial charge >= 0.3 is 0 Å². The third-order valence-corrected chi connectivity index (χ3v) is 4.95. The first-order chi connectivity index (χ1) is 10.1. The summed E-state index contributed by atoms with van der Waals surface area (Å²) in [6.45, 7) is 6.33. The van der Waals surface area contributed by atoms with Crippen LogP contribution in [-0.4, -0.2) is 29.9 Å². The van der Waals surface area contributed by atoms with Gasteiger partial charge in [-0.05, 0) is 50.2 Å². The van der Waals surface area contributed by atoms with Crippen molar-refractivity contribution in [2.24, 2.45) is 5.92 Å². The van der Waals surface area contributed by atoms with E-state index in [1.54, 1.807) is 0 Å². The molecule has 1 aromatic carbocycles. The summed E-state index contributed by atoms with van der Waals surface area (Å²) in [5, 5.41) is 3.50. The maximum Gasteiger partial charge on any atom is 0.230 e. The molecule has 2 heterocycles. The Bertz CT molecular complexity index is 514. The highest BCUT2D eigenvalue weighted by atomic mass is 16.2. The number of nitrogens with zero attached hydrogens (tertiary/aromatic N) is 1. The second-order valence-corrected chi connectivity index (χ2v) is 6.78. The zero-order chi connectivity index (χ0) is 14.8. The fourth-order valence-electron chi connectivity index (χ4n) is 3.67. The number of hydrogen-bond donors (Lipinski definition) is 1. The summed E-state index contributed by atoms with van der Waals surface area (Å²) in [4.78, 5) is 15.1. The molecule has 2 aliphatic rings. The van der Waals surface area contributed by atoms with E-state index in [9.17, 15) is 4.79 Å². The topological polar surface area (TPSA) is 32.3 Å². The van der Waals surface area contributed by atoms with Crippen molar-refractivity contribution < 1.29 is 4.79 Å². The van der Waals surface area contributed by atoms with Crippen LogP contribution in [-0.2, 0) is 4.79 Å². The highest BCUT2D eigenvalue weighted by Gasteiger charge is 2.32. The molecule has 1 fully saturated rings. The molecule has 114 valence electrons.